The fourth-order valence-electron chi connectivity index (χ4n) is 11.4. The average Bonchev–Trinajstić information content (AvgIpc) is 3.60. The van der Waals surface area contributed by atoms with Crippen molar-refractivity contribution in [3.8, 4) is 22.3 Å². The number of furan rings is 1. The second-order valence-electron chi connectivity index (χ2n) is 18.0. The van der Waals surface area contributed by atoms with Gasteiger partial charge in [-0.15, -0.1) is 0 Å². The summed E-state index contributed by atoms with van der Waals surface area (Å²) in [6.45, 7) is 40.2. The highest BCUT2D eigenvalue weighted by Gasteiger charge is 2.30. The molecule has 1 nitrogen and oxygen atoms in total. The Morgan fingerprint density at radius 2 is 0.603 bits per heavy atom. The summed E-state index contributed by atoms with van der Waals surface area (Å²) in [5.41, 5.74) is 30.9. The maximum Gasteiger partial charge on any atom is 0.136 e. The summed E-state index contributed by atoms with van der Waals surface area (Å²) >= 11 is 0. The molecule has 1 aromatic heterocycles. The number of rotatable bonds is 2. The molecule has 0 unspecified atom stereocenters. The molecule has 0 spiro atoms. The van der Waals surface area contributed by atoms with Crippen molar-refractivity contribution in [1.29, 1.82) is 0 Å². The summed E-state index contributed by atoms with van der Waals surface area (Å²) in [6, 6.07) is 15.3. The first-order valence-corrected chi connectivity index (χ1v) is 21.2. The Hall–Kier alpha value is -5.40. The van der Waals surface area contributed by atoms with E-state index >= 15 is 0 Å². The van der Waals surface area contributed by atoms with Crippen molar-refractivity contribution in [2.24, 2.45) is 0 Å². The van der Waals surface area contributed by atoms with E-state index in [4.69, 9.17) is 4.42 Å². The first-order chi connectivity index (χ1) is 27.4. The Bertz CT molecular complexity index is 3290. The summed E-state index contributed by atoms with van der Waals surface area (Å²) in [7, 11) is 0. The van der Waals surface area contributed by atoms with E-state index in [1.165, 1.54) is 171 Å². The van der Waals surface area contributed by atoms with Crippen LogP contribution in [0.1, 0.15) is 94.6 Å². The van der Waals surface area contributed by atoms with Gasteiger partial charge in [0.2, 0.25) is 0 Å². The molecule has 8 aromatic carbocycles. The third-order valence-corrected chi connectivity index (χ3v) is 15.9. The van der Waals surface area contributed by atoms with E-state index in [9.17, 15) is 0 Å². The van der Waals surface area contributed by atoms with Gasteiger partial charge >= 0.3 is 0 Å². The first-order valence-electron chi connectivity index (χ1n) is 21.2. The van der Waals surface area contributed by atoms with Gasteiger partial charge < -0.3 is 4.42 Å². The lowest BCUT2D eigenvalue weighted by Crippen LogP contribution is -2.07. The second kappa shape index (κ2) is 12.8. The molecule has 0 aliphatic carbocycles. The predicted molar refractivity (Wildman–Crippen MR) is 255 cm³/mol. The Morgan fingerprint density at radius 3 is 1.10 bits per heavy atom. The molecule has 9 rings (SSSR count). The average molecular weight is 759 g/mol. The molecule has 1 heterocycles. The molecule has 292 valence electrons. The lowest BCUT2D eigenvalue weighted by Gasteiger charge is -2.30. The molecule has 0 N–H and O–H groups in total. The third-order valence-electron chi connectivity index (χ3n) is 15.9. The standard InChI is InChI=1S/C57H58O/c1-25-26(2)32(8)49-46(31(25)7)37(13)38(14)47-41(17)48(39(15)40(16)50(47)49)57-53-35(11)29(5)27(3)33(9)51(53)56(52-34(10)28(4)30(6)36(12)54(52)57)43-22-20-24-45-55(43)42-21-18-19-23-44(42)58-45/h18-24H,1-17H3. The van der Waals surface area contributed by atoms with Crippen molar-refractivity contribution in [3.63, 3.8) is 0 Å². The van der Waals surface area contributed by atoms with Gasteiger partial charge in [0.15, 0.2) is 0 Å². The van der Waals surface area contributed by atoms with Crippen molar-refractivity contribution < 1.29 is 4.42 Å². The minimum Gasteiger partial charge on any atom is -0.456 e. The summed E-state index contributed by atoms with van der Waals surface area (Å²) in [4.78, 5) is 0. The van der Waals surface area contributed by atoms with E-state index in [-0.39, 0.29) is 0 Å². The lowest BCUT2D eigenvalue weighted by molar-refractivity contribution is 0.669. The van der Waals surface area contributed by atoms with E-state index in [1.807, 2.05) is 0 Å². The van der Waals surface area contributed by atoms with Gasteiger partial charge in [-0.3, -0.25) is 0 Å². The van der Waals surface area contributed by atoms with Crippen molar-refractivity contribution in [2.45, 2.75) is 118 Å². The summed E-state index contributed by atoms with van der Waals surface area (Å²) in [6.07, 6.45) is 0. The normalized spacial score (nSPS) is 12.2. The van der Waals surface area contributed by atoms with E-state index in [0.29, 0.717) is 0 Å². The Kier molecular flexibility index (Phi) is 8.42. The first kappa shape index (κ1) is 38.1. The summed E-state index contributed by atoms with van der Waals surface area (Å²) < 4.78 is 6.59. The number of fused-ring (bicyclic) bond motifs is 8. The fraction of sp³-hybridized carbons (Fsp3) is 0.298. The van der Waals surface area contributed by atoms with Gasteiger partial charge in [-0.2, -0.15) is 0 Å². The molecule has 0 saturated heterocycles. The number of hydrogen-bond donors (Lipinski definition) is 0. The van der Waals surface area contributed by atoms with Crippen LogP contribution in [0.15, 0.2) is 46.9 Å². The molecule has 0 radical (unpaired) electrons. The molecule has 0 bridgehead atoms. The minimum absolute atomic E-state index is 0.932. The van der Waals surface area contributed by atoms with Gasteiger partial charge in [-0.1, -0.05) is 30.3 Å². The van der Waals surface area contributed by atoms with Crippen LogP contribution in [0.25, 0.3) is 87.3 Å². The maximum atomic E-state index is 6.59. The van der Waals surface area contributed by atoms with Crippen LogP contribution in [0, 0.1) is 118 Å². The van der Waals surface area contributed by atoms with Crippen molar-refractivity contribution >= 4 is 65.0 Å². The minimum atomic E-state index is 0.932. The van der Waals surface area contributed by atoms with Gasteiger partial charge in [0, 0.05) is 10.8 Å². The van der Waals surface area contributed by atoms with E-state index in [1.54, 1.807) is 0 Å². The van der Waals surface area contributed by atoms with Gasteiger partial charge in [-0.05, 0) is 290 Å². The molecule has 0 fully saturated rings. The predicted octanol–water partition coefficient (Wildman–Crippen LogP) is 16.8. The zero-order chi connectivity index (χ0) is 41.7. The topological polar surface area (TPSA) is 13.1 Å². The molecule has 0 aliphatic heterocycles. The highest BCUT2D eigenvalue weighted by atomic mass is 16.3. The maximum absolute atomic E-state index is 6.59. The van der Waals surface area contributed by atoms with Crippen LogP contribution in [0.3, 0.4) is 0 Å². The van der Waals surface area contributed by atoms with Crippen LogP contribution in [-0.4, -0.2) is 0 Å². The summed E-state index contributed by atoms with van der Waals surface area (Å²) in [5, 5.41) is 13.6. The number of aryl methyl sites for hydroxylation is 10. The van der Waals surface area contributed by atoms with E-state index < -0.39 is 0 Å². The van der Waals surface area contributed by atoms with Gasteiger partial charge in [0.1, 0.15) is 11.2 Å². The lowest BCUT2D eigenvalue weighted by atomic mass is 9.73. The SMILES string of the molecule is Cc1c(C)c(C)c2c(-c3cccc4oc5ccccc5c34)c3c(C)c(C)c(C)c(C)c3c(-c3c(C)c(C)c4c(c3C)c(C)c(C)c3c(C)c(C)c(C)c(C)c34)c2c1C. The molecular formula is C57H58O. The van der Waals surface area contributed by atoms with Crippen LogP contribution >= 0.6 is 0 Å². The zero-order valence-corrected chi connectivity index (χ0v) is 37.9. The molecule has 0 saturated carbocycles. The Balaban J connectivity index is 1.62. The molecular weight excluding hydrogens is 701 g/mol. The zero-order valence-electron chi connectivity index (χ0n) is 37.9. The second-order valence-corrected chi connectivity index (χ2v) is 18.0. The van der Waals surface area contributed by atoms with E-state index in [2.05, 4.69) is 160 Å². The van der Waals surface area contributed by atoms with Crippen LogP contribution in [0.5, 0.6) is 0 Å². The number of benzene rings is 8. The number of hydrogen-bond acceptors (Lipinski definition) is 1. The van der Waals surface area contributed by atoms with Crippen molar-refractivity contribution in [2.75, 3.05) is 0 Å². The monoisotopic (exact) mass is 758 g/mol. The van der Waals surface area contributed by atoms with Gasteiger partial charge in [0.05, 0.1) is 0 Å². The number of para-hydroxylation sites is 1. The molecule has 1 heteroatoms. The fourth-order valence-corrected chi connectivity index (χ4v) is 11.4. The van der Waals surface area contributed by atoms with Crippen LogP contribution in [0.2, 0.25) is 0 Å². The van der Waals surface area contributed by atoms with Crippen molar-refractivity contribution in [3.05, 3.63) is 137 Å². The quantitative estimate of drug-likeness (QED) is 0.126. The Labute approximate surface area is 345 Å². The highest BCUT2D eigenvalue weighted by Crippen LogP contribution is 2.55. The molecule has 0 amide bonds. The van der Waals surface area contributed by atoms with Crippen LogP contribution in [-0.2, 0) is 0 Å². The third kappa shape index (κ3) is 4.65. The van der Waals surface area contributed by atoms with Crippen LogP contribution < -0.4 is 0 Å². The van der Waals surface area contributed by atoms with Crippen molar-refractivity contribution in [1.82, 2.24) is 0 Å². The largest absolute Gasteiger partial charge is 0.456 e. The molecule has 9 aromatic rings. The molecule has 0 aliphatic rings. The molecule has 58 heavy (non-hydrogen) atoms. The molecule has 0 atom stereocenters. The highest BCUT2D eigenvalue weighted by molar-refractivity contribution is 6.30. The smallest absolute Gasteiger partial charge is 0.136 e. The van der Waals surface area contributed by atoms with Crippen LogP contribution in [0.4, 0.5) is 0 Å². The van der Waals surface area contributed by atoms with Gasteiger partial charge in [-0.25, -0.2) is 0 Å². The Morgan fingerprint density at radius 1 is 0.241 bits per heavy atom. The van der Waals surface area contributed by atoms with E-state index in [0.717, 1.165) is 11.2 Å². The van der Waals surface area contributed by atoms with Gasteiger partial charge in [0.25, 0.3) is 0 Å². The summed E-state index contributed by atoms with van der Waals surface area (Å²) in [5.74, 6) is 0.